The first-order chi connectivity index (χ1) is 8.95. The fourth-order valence-electron chi connectivity index (χ4n) is 1.84. The average molecular weight is 280 g/mol. The lowest BCUT2D eigenvalue weighted by Gasteiger charge is -2.25. The number of halogens is 1. The molecule has 0 saturated carbocycles. The molecule has 2 rings (SSSR count). The normalized spacial score (nSPS) is 14.1. The molecule has 1 unspecified atom stereocenters. The lowest BCUT2D eigenvalue weighted by atomic mass is 9.91. The molecule has 0 radical (unpaired) electrons. The molecule has 0 aliphatic heterocycles. The van der Waals surface area contributed by atoms with E-state index >= 15 is 0 Å². The van der Waals surface area contributed by atoms with E-state index in [4.69, 9.17) is 17.3 Å². The summed E-state index contributed by atoms with van der Waals surface area (Å²) in [5.74, 6) is -1.11. The van der Waals surface area contributed by atoms with Gasteiger partial charge >= 0.3 is 5.97 Å². The minimum absolute atomic E-state index is 0.0187. The van der Waals surface area contributed by atoms with Gasteiger partial charge in [-0.05, 0) is 12.5 Å². The second-order valence-electron chi connectivity index (χ2n) is 4.38. The van der Waals surface area contributed by atoms with Crippen molar-refractivity contribution in [3.63, 3.8) is 0 Å². The van der Waals surface area contributed by atoms with Crippen LogP contribution in [0.2, 0.25) is 5.02 Å². The largest absolute Gasteiger partial charge is 0.480 e. The number of nitrogens with two attached hydrogens (primary N) is 1. The molecule has 1 heterocycles. The number of carboxylic acid groups (broad SMARTS) is 1. The molecule has 1 aromatic heterocycles. The van der Waals surface area contributed by atoms with Gasteiger partial charge in [0, 0.05) is 0 Å². The summed E-state index contributed by atoms with van der Waals surface area (Å²) in [6, 6.07) is 8.69. The zero-order valence-electron chi connectivity index (χ0n) is 10.4. The molecule has 0 aliphatic rings. The van der Waals surface area contributed by atoms with Crippen LogP contribution < -0.4 is 5.73 Å². The summed E-state index contributed by atoms with van der Waals surface area (Å²) in [4.78, 5) is 11.5. The smallest absolute Gasteiger partial charge is 0.330 e. The van der Waals surface area contributed by atoms with E-state index in [1.165, 1.54) is 10.9 Å². The van der Waals surface area contributed by atoms with Crippen LogP contribution >= 0.6 is 11.6 Å². The predicted octanol–water partition coefficient (Wildman–Crippen LogP) is 1.78. The van der Waals surface area contributed by atoms with Gasteiger partial charge in [0.05, 0.1) is 23.5 Å². The van der Waals surface area contributed by atoms with Gasteiger partial charge < -0.3 is 10.8 Å². The van der Waals surface area contributed by atoms with Crippen molar-refractivity contribution >= 4 is 17.6 Å². The second-order valence-corrected chi connectivity index (χ2v) is 4.79. The van der Waals surface area contributed by atoms with Gasteiger partial charge in [-0.3, -0.25) is 4.68 Å². The van der Waals surface area contributed by atoms with E-state index in [1.807, 2.05) is 6.07 Å². The third-order valence-corrected chi connectivity index (χ3v) is 3.48. The minimum Gasteiger partial charge on any atom is -0.480 e. The van der Waals surface area contributed by atoms with Gasteiger partial charge in [0.25, 0.3) is 0 Å². The van der Waals surface area contributed by atoms with Crippen LogP contribution in [0.5, 0.6) is 0 Å². The molecule has 0 bridgehead atoms. The molecule has 0 saturated heterocycles. The van der Waals surface area contributed by atoms with Crippen molar-refractivity contribution in [2.24, 2.45) is 5.73 Å². The monoisotopic (exact) mass is 279 g/mol. The van der Waals surface area contributed by atoms with Crippen LogP contribution in [-0.2, 0) is 16.9 Å². The zero-order valence-corrected chi connectivity index (χ0v) is 11.1. The quantitative estimate of drug-likeness (QED) is 0.894. The Morgan fingerprint density at radius 2 is 2.11 bits per heavy atom. The predicted molar refractivity (Wildman–Crippen MR) is 71.9 cm³/mol. The Hall–Kier alpha value is -1.85. The van der Waals surface area contributed by atoms with Crippen molar-refractivity contribution in [1.82, 2.24) is 9.78 Å². The number of aromatic nitrogens is 2. The molecule has 0 fully saturated rings. The highest BCUT2D eigenvalue weighted by atomic mass is 35.5. The number of hydrogen-bond donors (Lipinski definition) is 2. The van der Waals surface area contributed by atoms with Gasteiger partial charge in [-0.15, -0.1) is 0 Å². The molecule has 5 nitrogen and oxygen atoms in total. The lowest BCUT2D eigenvalue weighted by molar-refractivity contribution is -0.144. The van der Waals surface area contributed by atoms with Crippen molar-refractivity contribution < 1.29 is 9.90 Å². The van der Waals surface area contributed by atoms with Crippen molar-refractivity contribution in [2.45, 2.75) is 19.0 Å². The van der Waals surface area contributed by atoms with Crippen molar-refractivity contribution in [3.8, 4) is 0 Å². The van der Waals surface area contributed by atoms with E-state index in [1.54, 1.807) is 31.2 Å². The summed E-state index contributed by atoms with van der Waals surface area (Å²) in [6.45, 7) is 1.79. The Bertz CT molecular complexity index is 597. The fraction of sp³-hybridized carbons (Fsp3) is 0.231. The van der Waals surface area contributed by atoms with E-state index in [0.29, 0.717) is 16.3 Å². The minimum atomic E-state index is -1.54. The third kappa shape index (κ3) is 2.47. The summed E-state index contributed by atoms with van der Waals surface area (Å²) in [5.41, 5.74) is 5.74. The molecule has 100 valence electrons. The van der Waals surface area contributed by atoms with E-state index in [2.05, 4.69) is 5.10 Å². The first kappa shape index (κ1) is 13.6. The first-order valence-corrected chi connectivity index (χ1v) is 6.08. The summed E-state index contributed by atoms with van der Waals surface area (Å²) in [5, 5.41) is 14.0. The molecule has 6 heteroatoms. The summed E-state index contributed by atoms with van der Waals surface area (Å²) < 4.78 is 1.50. The van der Waals surface area contributed by atoms with Gasteiger partial charge in [-0.2, -0.15) is 5.10 Å². The van der Waals surface area contributed by atoms with Crippen LogP contribution in [0.1, 0.15) is 11.3 Å². The SMILES string of the molecule is Cc1c(Cl)cnn1CC(N)(C(=O)O)c1ccccc1. The van der Waals surface area contributed by atoms with Gasteiger partial charge in [0.2, 0.25) is 0 Å². The van der Waals surface area contributed by atoms with Crippen LogP contribution in [0.25, 0.3) is 0 Å². The Balaban J connectivity index is 2.42. The molecule has 0 amide bonds. The van der Waals surface area contributed by atoms with E-state index < -0.39 is 11.5 Å². The Labute approximate surface area is 115 Å². The molecule has 2 aromatic rings. The van der Waals surface area contributed by atoms with Crippen LogP contribution in [0, 0.1) is 6.92 Å². The highest BCUT2D eigenvalue weighted by molar-refractivity contribution is 6.31. The van der Waals surface area contributed by atoms with Crippen molar-refractivity contribution in [3.05, 3.63) is 52.8 Å². The van der Waals surface area contributed by atoms with Gasteiger partial charge in [-0.1, -0.05) is 41.9 Å². The molecule has 19 heavy (non-hydrogen) atoms. The number of carboxylic acids is 1. The molecule has 0 spiro atoms. The average Bonchev–Trinajstić information content (AvgIpc) is 2.71. The van der Waals surface area contributed by atoms with Gasteiger partial charge in [0.1, 0.15) is 0 Å². The number of benzene rings is 1. The maximum Gasteiger partial charge on any atom is 0.330 e. The maximum atomic E-state index is 11.5. The number of aliphatic carboxylic acids is 1. The van der Waals surface area contributed by atoms with E-state index in [-0.39, 0.29) is 6.54 Å². The van der Waals surface area contributed by atoms with Crippen LogP contribution in [0.15, 0.2) is 36.5 Å². The second kappa shape index (κ2) is 5.03. The van der Waals surface area contributed by atoms with Crippen LogP contribution in [0.4, 0.5) is 0 Å². The van der Waals surface area contributed by atoms with Gasteiger partial charge in [-0.25, -0.2) is 4.79 Å². The number of hydrogen-bond acceptors (Lipinski definition) is 3. The molecule has 0 aliphatic carbocycles. The fourth-order valence-corrected chi connectivity index (χ4v) is 1.98. The van der Waals surface area contributed by atoms with Gasteiger partial charge in [0.15, 0.2) is 5.54 Å². The summed E-state index contributed by atoms with van der Waals surface area (Å²) >= 11 is 5.91. The molecular weight excluding hydrogens is 266 g/mol. The molecule has 1 atom stereocenters. The third-order valence-electron chi connectivity index (χ3n) is 3.11. The van der Waals surface area contributed by atoms with Crippen LogP contribution in [0.3, 0.4) is 0 Å². The zero-order chi connectivity index (χ0) is 14.0. The van der Waals surface area contributed by atoms with E-state index in [9.17, 15) is 9.90 Å². The summed E-state index contributed by atoms with van der Waals surface area (Å²) in [6.07, 6.45) is 1.48. The maximum absolute atomic E-state index is 11.5. The highest BCUT2D eigenvalue weighted by Crippen LogP contribution is 2.23. The van der Waals surface area contributed by atoms with E-state index in [0.717, 1.165) is 0 Å². The summed E-state index contributed by atoms with van der Waals surface area (Å²) in [7, 11) is 0. The van der Waals surface area contributed by atoms with Crippen molar-refractivity contribution in [2.75, 3.05) is 0 Å². The molecule has 3 N–H and O–H groups in total. The number of carbonyl (C=O) groups is 1. The Morgan fingerprint density at radius 1 is 1.47 bits per heavy atom. The van der Waals surface area contributed by atoms with Crippen molar-refractivity contribution in [1.29, 1.82) is 0 Å². The highest BCUT2D eigenvalue weighted by Gasteiger charge is 2.37. The Kier molecular flexibility index (Phi) is 3.59. The first-order valence-electron chi connectivity index (χ1n) is 5.71. The lowest BCUT2D eigenvalue weighted by Crippen LogP contribution is -2.48. The number of rotatable bonds is 4. The molecule has 1 aromatic carbocycles. The van der Waals surface area contributed by atoms with Crippen LogP contribution in [-0.4, -0.2) is 20.9 Å². The standard InChI is InChI=1S/C13H14ClN3O2/c1-9-11(14)7-16-17(9)8-13(15,12(18)19)10-5-3-2-4-6-10/h2-7H,8,15H2,1H3,(H,18,19). The number of nitrogens with zero attached hydrogens (tertiary/aromatic N) is 2. The topological polar surface area (TPSA) is 81.1 Å². The Morgan fingerprint density at radius 3 is 2.58 bits per heavy atom. The molecular formula is C13H14ClN3O2.